The molecule has 2 aromatic rings. The summed E-state index contributed by atoms with van der Waals surface area (Å²) in [6.07, 6.45) is 2.66. The molecule has 104 valence electrons. The lowest BCUT2D eigenvalue weighted by atomic mass is 10.1. The molecule has 0 bridgehead atoms. The van der Waals surface area contributed by atoms with E-state index >= 15 is 0 Å². The number of nitrogens with one attached hydrogen (secondary N) is 1. The monoisotopic (exact) mass is 331 g/mol. The van der Waals surface area contributed by atoms with Crippen LogP contribution in [0.4, 0.5) is 5.82 Å². The Labute approximate surface area is 128 Å². The standard InChI is InChI=1S/C16H18BrN3/c1-3-18-16-14(17)10(2)19-15(20-16)13-8-6-12(7-9-13)11-4-5-11/h6-9,11H,3-5H2,1-2H3,(H,18,19,20). The predicted octanol–water partition coefficient (Wildman–Crippen LogP) is 4.52. The van der Waals surface area contributed by atoms with Crippen LogP contribution in [0.15, 0.2) is 28.7 Å². The molecule has 4 heteroatoms. The Morgan fingerprint density at radius 1 is 1.20 bits per heavy atom. The van der Waals surface area contributed by atoms with Gasteiger partial charge in [0.05, 0.1) is 10.2 Å². The lowest BCUT2D eigenvalue weighted by Crippen LogP contribution is -2.04. The molecule has 0 radical (unpaired) electrons. The largest absolute Gasteiger partial charge is 0.369 e. The SMILES string of the molecule is CCNc1nc(-c2ccc(C3CC3)cc2)nc(C)c1Br. The third-order valence-corrected chi connectivity index (χ3v) is 4.53. The first kappa shape index (κ1) is 13.6. The molecule has 1 aromatic heterocycles. The Kier molecular flexibility index (Phi) is 3.74. The van der Waals surface area contributed by atoms with Crippen molar-refractivity contribution in [3.63, 3.8) is 0 Å². The summed E-state index contributed by atoms with van der Waals surface area (Å²) in [5.41, 5.74) is 3.47. The molecule has 0 spiro atoms. The topological polar surface area (TPSA) is 37.8 Å². The average molecular weight is 332 g/mol. The molecular weight excluding hydrogens is 314 g/mol. The number of hydrogen-bond donors (Lipinski definition) is 1. The summed E-state index contributed by atoms with van der Waals surface area (Å²) in [5, 5.41) is 3.27. The minimum Gasteiger partial charge on any atom is -0.369 e. The first-order chi connectivity index (χ1) is 9.69. The zero-order chi connectivity index (χ0) is 14.1. The quantitative estimate of drug-likeness (QED) is 0.894. The third kappa shape index (κ3) is 2.70. The highest BCUT2D eigenvalue weighted by molar-refractivity contribution is 9.10. The normalized spacial score (nSPS) is 14.3. The smallest absolute Gasteiger partial charge is 0.161 e. The molecule has 3 nitrogen and oxygen atoms in total. The van der Waals surface area contributed by atoms with Gasteiger partial charge in [-0.3, -0.25) is 0 Å². The van der Waals surface area contributed by atoms with Crippen molar-refractivity contribution >= 4 is 21.7 Å². The fourth-order valence-corrected chi connectivity index (χ4v) is 2.61. The van der Waals surface area contributed by atoms with E-state index in [0.717, 1.165) is 39.8 Å². The summed E-state index contributed by atoms with van der Waals surface area (Å²) < 4.78 is 0.942. The number of anilines is 1. The fourth-order valence-electron chi connectivity index (χ4n) is 2.29. The maximum Gasteiger partial charge on any atom is 0.161 e. The first-order valence-electron chi connectivity index (χ1n) is 7.07. The zero-order valence-electron chi connectivity index (χ0n) is 11.8. The van der Waals surface area contributed by atoms with E-state index in [1.807, 2.05) is 6.92 Å². The van der Waals surface area contributed by atoms with Gasteiger partial charge in [0, 0.05) is 12.1 Å². The molecule has 1 fully saturated rings. The van der Waals surface area contributed by atoms with Gasteiger partial charge in [0.1, 0.15) is 5.82 Å². The molecule has 1 aromatic carbocycles. The van der Waals surface area contributed by atoms with E-state index in [4.69, 9.17) is 0 Å². The lowest BCUT2D eigenvalue weighted by molar-refractivity contribution is 1.06. The molecule has 1 saturated carbocycles. The highest BCUT2D eigenvalue weighted by Gasteiger charge is 2.23. The second-order valence-electron chi connectivity index (χ2n) is 5.22. The number of aromatic nitrogens is 2. The molecule has 0 saturated heterocycles. The van der Waals surface area contributed by atoms with Crippen LogP contribution in [0, 0.1) is 6.92 Å². The van der Waals surface area contributed by atoms with Crippen LogP contribution in [-0.2, 0) is 0 Å². The summed E-state index contributed by atoms with van der Waals surface area (Å²) in [7, 11) is 0. The van der Waals surface area contributed by atoms with E-state index in [-0.39, 0.29) is 0 Å². The van der Waals surface area contributed by atoms with Crippen LogP contribution in [0.5, 0.6) is 0 Å². The average Bonchev–Trinajstić information content (AvgIpc) is 3.29. The summed E-state index contributed by atoms with van der Waals surface area (Å²) in [6, 6.07) is 8.68. The second-order valence-corrected chi connectivity index (χ2v) is 6.01. The third-order valence-electron chi connectivity index (χ3n) is 3.58. The van der Waals surface area contributed by atoms with Gasteiger partial charge >= 0.3 is 0 Å². The van der Waals surface area contributed by atoms with E-state index in [9.17, 15) is 0 Å². The summed E-state index contributed by atoms with van der Waals surface area (Å²) in [6.45, 7) is 4.90. The molecule has 1 N–H and O–H groups in total. The molecule has 1 aliphatic carbocycles. The van der Waals surface area contributed by atoms with Gasteiger partial charge < -0.3 is 5.32 Å². The molecular formula is C16H18BrN3. The van der Waals surface area contributed by atoms with Crippen LogP contribution < -0.4 is 5.32 Å². The van der Waals surface area contributed by atoms with Crippen LogP contribution in [0.2, 0.25) is 0 Å². The van der Waals surface area contributed by atoms with E-state index in [2.05, 4.69) is 62.4 Å². The minimum absolute atomic E-state index is 0.781. The van der Waals surface area contributed by atoms with Crippen molar-refractivity contribution in [3.8, 4) is 11.4 Å². The van der Waals surface area contributed by atoms with E-state index < -0.39 is 0 Å². The van der Waals surface area contributed by atoms with Gasteiger partial charge in [-0.25, -0.2) is 9.97 Å². The van der Waals surface area contributed by atoms with Crippen LogP contribution >= 0.6 is 15.9 Å². The first-order valence-corrected chi connectivity index (χ1v) is 7.86. The van der Waals surface area contributed by atoms with Gasteiger partial charge in [-0.15, -0.1) is 0 Å². The lowest BCUT2D eigenvalue weighted by Gasteiger charge is -2.10. The number of rotatable bonds is 4. The van der Waals surface area contributed by atoms with Gasteiger partial charge in [0.25, 0.3) is 0 Å². The zero-order valence-corrected chi connectivity index (χ0v) is 13.4. The Balaban J connectivity index is 1.95. The molecule has 3 rings (SSSR count). The minimum atomic E-state index is 0.781. The van der Waals surface area contributed by atoms with Crippen molar-refractivity contribution in [1.82, 2.24) is 9.97 Å². The number of aryl methyl sites for hydroxylation is 1. The Hall–Kier alpha value is -1.42. The maximum absolute atomic E-state index is 4.61. The summed E-state index contributed by atoms with van der Waals surface area (Å²) in [4.78, 5) is 9.19. The highest BCUT2D eigenvalue weighted by atomic mass is 79.9. The Morgan fingerprint density at radius 2 is 1.90 bits per heavy atom. The van der Waals surface area contributed by atoms with Crippen molar-refractivity contribution in [2.75, 3.05) is 11.9 Å². The van der Waals surface area contributed by atoms with Gasteiger partial charge in [0.15, 0.2) is 5.82 Å². The van der Waals surface area contributed by atoms with Crippen LogP contribution in [0.3, 0.4) is 0 Å². The molecule has 1 heterocycles. The second kappa shape index (κ2) is 5.52. The molecule has 0 unspecified atom stereocenters. The molecule has 0 amide bonds. The van der Waals surface area contributed by atoms with Gasteiger partial charge in [-0.1, -0.05) is 24.3 Å². The molecule has 1 aliphatic rings. The Morgan fingerprint density at radius 3 is 2.50 bits per heavy atom. The van der Waals surface area contributed by atoms with E-state index in [1.165, 1.54) is 18.4 Å². The fraction of sp³-hybridized carbons (Fsp3) is 0.375. The van der Waals surface area contributed by atoms with Crippen molar-refractivity contribution < 1.29 is 0 Å². The van der Waals surface area contributed by atoms with E-state index in [0.29, 0.717) is 0 Å². The van der Waals surface area contributed by atoms with Crippen LogP contribution in [0.1, 0.15) is 36.9 Å². The van der Waals surface area contributed by atoms with Crippen molar-refractivity contribution in [1.29, 1.82) is 0 Å². The highest BCUT2D eigenvalue weighted by Crippen LogP contribution is 2.40. The maximum atomic E-state index is 4.61. The van der Waals surface area contributed by atoms with Crippen molar-refractivity contribution in [3.05, 3.63) is 40.0 Å². The van der Waals surface area contributed by atoms with E-state index in [1.54, 1.807) is 0 Å². The number of benzene rings is 1. The summed E-state index contributed by atoms with van der Waals surface area (Å²) >= 11 is 3.54. The number of hydrogen-bond acceptors (Lipinski definition) is 3. The number of halogens is 1. The van der Waals surface area contributed by atoms with Gasteiger partial charge in [-0.2, -0.15) is 0 Å². The van der Waals surface area contributed by atoms with Gasteiger partial charge in [0.2, 0.25) is 0 Å². The predicted molar refractivity (Wildman–Crippen MR) is 86.0 cm³/mol. The van der Waals surface area contributed by atoms with Gasteiger partial charge in [-0.05, 0) is 54.1 Å². The Bertz CT molecular complexity index is 618. The molecule has 20 heavy (non-hydrogen) atoms. The van der Waals surface area contributed by atoms with Crippen LogP contribution in [0.25, 0.3) is 11.4 Å². The molecule has 0 aliphatic heterocycles. The van der Waals surface area contributed by atoms with Crippen molar-refractivity contribution in [2.45, 2.75) is 32.6 Å². The number of nitrogens with zero attached hydrogens (tertiary/aromatic N) is 2. The summed E-state index contributed by atoms with van der Waals surface area (Å²) in [5.74, 6) is 2.43. The van der Waals surface area contributed by atoms with Crippen LogP contribution in [-0.4, -0.2) is 16.5 Å². The van der Waals surface area contributed by atoms with Crippen molar-refractivity contribution in [2.24, 2.45) is 0 Å². The molecule has 0 atom stereocenters.